The van der Waals surface area contributed by atoms with Crippen LogP contribution in [0.3, 0.4) is 0 Å². The second-order valence-corrected chi connectivity index (χ2v) is 5.14. The van der Waals surface area contributed by atoms with Gasteiger partial charge in [-0.1, -0.05) is 18.2 Å². The van der Waals surface area contributed by atoms with E-state index in [0.717, 1.165) is 22.6 Å². The second kappa shape index (κ2) is 8.19. The van der Waals surface area contributed by atoms with Gasteiger partial charge in [-0.05, 0) is 41.8 Å². The van der Waals surface area contributed by atoms with Gasteiger partial charge in [0.2, 0.25) is 0 Å². The van der Waals surface area contributed by atoms with E-state index >= 15 is 0 Å². The normalized spacial score (nSPS) is 10.2. The molecule has 0 radical (unpaired) electrons. The highest BCUT2D eigenvalue weighted by Gasteiger charge is 2.06. The van der Waals surface area contributed by atoms with Crippen molar-refractivity contribution in [1.29, 1.82) is 0 Å². The van der Waals surface area contributed by atoms with Gasteiger partial charge in [0.1, 0.15) is 5.75 Å². The van der Waals surface area contributed by atoms with E-state index in [2.05, 4.69) is 10.6 Å². The molecule has 0 heterocycles. The zero-order chi connectivity index (χ0) is 16.7. The summed E-state index contributed by atoms with van der Waals surface area (Å²) in [4.78, 5) is 11.5. The average molecular weight is 314 g/mol. The van der Waals surface area contributed by atoms with Crippen LogP contribution in [0.5, 0.6) is 5.75 Å². The van der Waals surface area contributed by atoms with Crippen molar-refractivity contribution < 1.29 is 14.6 Å². The fourth-order valence-electron chi connectivity index (χ4n) is 2.28. The zero-order valence-electron chi connectivity index (χ0n) is 13.4. The van der Waals surface area contributed by atoms with Crippen molar-refractivity contribution in [2.24, 2.45) is 0 Å². The first-order valence-electron chi connectivity index (χ1n) is 7.50. The molecular formula is C18H22N2O3. The third kappa shape index (κ3) is 4.47. The number of amides is 1. The molecule has 0 aliphatic heterocycles. The summed E-state index contributed by atoms with van der Waals surface area (Å²) in [6.07, 6.45) is 0.609. The predicted molar refractivity (Wildman–Crippen MR) is 90.9 cm³/mol. The van der Waals surface area contributed by atoms with E-state index in [4.69, 9.17) is 9.84 Å². The van der Waals surface area contributed by atoms with Crippen LogP contribution >= 0.6 is 0 Å². The molecular weight excluding hydrogens is 292 g/mol. The molecule has 23 heavy (non-hydrogen) atoms. The summed E-state index contributed by atoms with van der Waals surface area (Å²) in [5, 5.41) is 14.9. The smallest absolute Gasteiger partial charge is 0.251 e. The molecule has 122 valence electrons. The minimum Gasteiger partial charge on any atom is -0.495 e. The maximum Gasteiger partial charge on any atom is 0.251 e. The number of aliphatic hydroxyl groups excluding tert-OH is 1. The molecule has 0 aliphatic rings. The molecule has 2 rings (SSSR count). The minimum absolute atomic E-state index is 0.0920. The van der Waals surface area contributed by atoms with Gasteiger partial charge in [0.25, 0.3) is 5.91 Å². The van der Waals surface area contributed by atoms with Crippen LogP contribution in [0.1, 0.15) is 21.5 Å². The SMILES string of the molecule is CNC(=O)c1ccc(CNc2ccc(CCO)cc2OC)cc1. The first-order chi connectivity index (χ1) is 11.2. The predicted octanol–water partition coefficient (Wildman–Crippen LogP) is 2.20. The number of carbonyl (C=O) groups excluding carboxylic acids is 1. The number of anilines is 1. The highest BCUT2D eigenvalue weighted by Crippen LogP contribution is 2.26. The Kier molecular flexibility index (Phi) is 6.00. The van der Waals surface area contributed by atoms with Crippen molar-refractivity contribution in [3.8, 4) is 5.75 Å². The Balaban J connectivity index is 2.04. The summed E-state index contributed by atoms with van der Waals surface area (Å²) in [5.74, 6) is 0.656. The quantitative estimate of drug-likeness (QED) is 0.733. The molecule has 0 fully saturated rings. The minimum atomic E-state index is -0.0920. The Morgan fingerprint density at radius 3 is 2.43 bits per heavy atom. The van der Waals surface area contributed by atoms with Crippen molar-refractivity contribution >= 4 is 11.6 Å². The Morgan fingerprint density at radius 1 is 1.13 bits per heavy atom. The molecule has 0 bridgehead atoms. The molecule has 0 unspecified atom stereocenters. The Labute approximate surface area is 136 Å². The van der Waals surface area contributed by atoms with Gasteiger partial charge >= 0.3 is 0 Å². The van der Waals surface area contributed by atoms with Gasteiger partial charge < -0.3 is 20.5 Å². The lowest BCUT2D eigenvalue weighted by atomic mass is 10.1. The summed E-state index contributed by atoms with van der Waals surface area (Å²) in [6.45, 7) is 0.747. The molecule has 0 saturated carbocycles. The van der Waals surface area contributed by atoms with Crippen molar-refractivity contribution in [3.63, 3.8) is 0 Å². The summed E-state index contributed by atoms with van der Waals surface area (Å²) in [7, 11) is 3.24. The third-order valence-electron chi connectivity index (χ3n) is 3.59. The summed E-state index contributed by atoms with van der Waals surface area (Å²) in [5.41, 5.74) is 3.63. The van der Waals surface area contributed by atoms with Gasteiger partial charge in [-0.3, -0.25) is 4.79 Å². The Bertz CT molecular complexity index is 654. The lowest BCUT2D eigenvalue weighted by molar-refractivity contribution is 0.0963. The fraction of sp³-hybridized carbons (Fsp3) is 0.278. The van der Waals surface area contributed by atoms with E-state index in [9.17, 15) is 4.79 Å². The standard InChI is InChI=1S/C18H22N2O3/c1-19-18(22)15-6-3-14(4-7-15)12-20-16-8-5-13(9-10-21)11-17(16)23-2/h3-8,11,20-21H,9-10,12H2,1-2H3,(H,19,22). The number of carbonyl (C=O) groups is 1. The third-order valence-corrected chi connectivity index (χ3v) is 3.59. The van der Waals surface area contributed by atoms with Gasteiger partial charge in [-0.25, -0.2) is 0 Å². The van der Waals surface area contributed by atoms with Gasteiger partial charge in [-0.2, -0.15) is 0 Å². The lowest BCUT2D eigenvalue weighted by Gasteiger charge is -2.13. The number of nitrogens with one attached hydrogen (secondary N) is 2. The molecule has 0 aromatic heterocycles. The molecule has 1 amide bonds. The van der Waals surface area contributed by atoms with Crippen molar-refractivity contribution in [2.75, 3.05) is 26.1 Å². The molecule has 5 nitrogen and oxygen atoms in total. The van der Waals surface area contributed by atoms with Crippen LogP contribution in [-0.4, -0.2) is 31.8 Å². The van der Waals surface area contributed by atoms with Crippen molar-refractivity contribution in [3.05, 3.63) is 59.2 Å². The highest BCUT2D eigenvalue weighted by atomic mass is 16.5. The first kappa shape index (κ1) is 16.8. The number of methoxy groups -OCH3 is 1. The van der Waals surface area contributed by atoms with E-state index in [-0.39, 0.29) is 12.5 Å². The number of rotatable bonds is 7. The number of hydrogen-bond acceptors (Lipinski definition) is 4. The van der Waals surface area contributed by atoms with Crippen LogP contribution < -0.4 is 15.4 Å². The molecule has 0 spiro atoms. The maximum absolute atomic E-state index is 11.5. The summed E-state index contributed by atoms with van der Waals surface area (Å²) < 4.78 is 5.39. The van der Waals surface area contributed by atoms with Gasteiger partial charge in [0.15, 0.2) is 0 Å². The van der Waals surface area contributed by atoms with E-state index in [1.807, 2.05) is 30.3 Å². The monoisotopic (exact) mass is 314 g/mol. The van der Waals surface area contributed by atoms with Crippen LogP contribution in [-0.2, 0) is 13.0 Å². The van der Waals surface area contributed by atoms with Gasteiger partial charge in [-0.15, -0.1) is 0 Å². The van der Waals surface area contributed by atoms with E-state index in [1.165, 1.54) is 0 Å². The molecule has 0 saturated heterocycles. The van der Waals surface area contributed by atoms with Crippen LogP contribution in [0.15, 0.2) is 42.5 Å². The Morgan fingerprint density at radius 2 is 1.83 bits per heavy atom. The molecule has 5 heteroatoms. The maximum atomic E-state index is 11.5. The summed E-state index contributed by atoms with van der Waals surface area (Å²) >= 11 is 0. The van der Waals surface area contributed by atoms with E-state index in [0.29, 0.717) is 18.5 Å². The van der Waals surface area contributed by atoms with E-state index < -0.39 is 0 Å². The number of hydrogen-bond donors (Lipinski definition) is 3. The van der Waals surface area contributed by atoms with Crippen LogP contribution in [0, 0.1) is 0 Å². The van der Waals surface area contributed by atoms with E-state index in [1.54, 1.807) is 26.3 Å². The van der Waals surface area contributed by atoms with Crippen LogP contribution in [0.2, 0.25) is 0 Å². The molecule has 0 atom stereocenters. The van der Waals surface area contributed by atoms with Gasteiger partial charge in [0, 0.05) is 25.8 Å². The van der Waals surface area contributed by atoms with Crippen LogP contribution in [0.25, 0.3) is 0 Å². The summed E-state index contributed by atoms with van der Waals surface area (Å²) in [6, 6.07) is 13.3. The van der Waals surface area contributed by atoms with Crippen molar-refractivity contribution in [2.45, 2.75) is 13.0 Å². The lowest BCUT2D eigenvalue weighted by Crippen LogP contribution is -2.17. The number of aliphatic hydroxyl groups is 1. The van der Waals surface area contributed by atoms with Crippen molar-refractivity contribution in [1.82, 2.24) is 5.32 Å². The number of ether oxygens (including phenoxy) is 1. The Hall–Kier alpha value is -2.53. The first-order valence-corrected chi connectivity index (χ1v) is 7.50. The molecule has 2 aromatic rings. The van der Waals surface area contributed by atoms with Crippen LogP contribution in [0.4, 0.5) is 5.69 Å². The van der Waals surface area contributed by atoms with Gasteiger partial charge in [0.05, 0.1) is 12.8 Å². The average Bonchev–Trinajstić information content (AvgIpc) is 2.60. The largest absolute Gasteiger partial charge is 0.495 e. The molecule has 0 aliphatic carbocycles. The second-order valence-electron chi connectivity index (χ2n) is 5.14. The molecule has 3 N–H and O–H groups in total. The molecule has 2 aromatic carbocycles. The number of benzene rings is 2. The fourth-order valence-corrected chi connectivity index (χ4v) is 2.28. The topological polar surface area (TPSA) is 70.6 Å². The zero-order valence-corrected chi connectivity index (χ0v) is 13.4. The highest BCUT2D eigenvalue weighted by molar-refractivity contribution is 5.93.